The van der Waals surface area contributed by atoms with Crippen LogP contribution in [0.25, 0.3) is 0 Å². The lowest BCUT2D eigenvalue weighted by Crippen LogP contribution is -2.44. The maximum absolute atomic E-state index is 12.7. The first-order valence-electron chi connectivity index (χ1n) is 7.24. The Bertz CT molecular complexity index is 499. The molecule has 21 heavy (non-hydrogen) atoms. The van der Waals surface area contributed by atoms with Crippen molar-refractivity contribution in [2.45, 2.75) is 23.8 Å². The van der Waals surface area contributed by atoms with Crippen molar-refractivity contribution < 1.29 is 9.53 Å². The molecule has 1 aliphatic rings. The standard InChI is InChI=1S/C16H24N2O2S/c1-17-9-7-12(8-10-17)18(2)16(19)14-6-5-13(21-4)11-15(14)20-3/h5-6,11-12H,7-10H2,1-4H3. The number of rotatable bonds is 4. The first kappa shape index (κ1) is 16.2. The summed E-state index contributed by atoms with van der Waals surface area (Å²) in [5.74, 6) is 0.709. The summed E-state index contributed by atoms with van der Waals surface area (Å²) >= 11 is 1.65. The van der Waals surface area contributed by atoms with Crippen LogP contribution in [-0.4, -0.2) is 62.3 Å². The Morgan fingerprint density at radius 1 is 1.38 bits per heavy atom. The molecule has 0 radical (unpaired) electrons. The molecular weight excluding hydrogens is 284 g/mol. The number of benzene rings is 1. The lowest BCUT2D eigenvalue weighted by atomic mass is 10.0. The maximum atomic E-state index is 12.7. The fourth-order valence-electron chi connectivity index (χ4n) is 2.71. The Balaban J connectivity index is 2.15. The van der Waals surface area contributed by atoms with E-state index in [1.54, 1.807) is 18.9 Å². The van der Waals surface area contributed by atoms with Crippen LogP contribution >= 0.6 is 11.8 Å². The van der Waals surface area contributed by atoms with Gasteiger partial charge in [-0.05, 0) is 57.4 Å². The van der Waals surface area contributed by atoms with E-state index in [0.29, 0.717) is 17.4 Å². The van der Waals surface area contributed by atoms with Gasteiger partial charge in [-0.2, -0.15) is 0 Å². The second kappa shape index (κ2) is 7.18. The minimum Gasteiger partial charge on any atom is -0.496 e. The smallest absolute Gasteiger partial charge is 0.257 e. The minimum atomic E-state index is 0.0501. The van der Waals surface area contributed by atoms with Gasteiger partial charge in [0.25, 0.3) is 5.91 Å². The molecule has 1 aromatic carbocycles. The van der Waals surface area contributed by atoms with Gasteiger partial charge in [0.15, 0.2) is 0 Å². The van der Waals surface area contributed by atoms with E-state index in [0.717, 1.165) is 30.8 Å². The molecule has 0 aliphatic carbocycles. The molecule has 0 N–H and O–H groups in total. The lowest BCUT2D eigenvalue weighted by Gasteiger charge is -2.35. The van der Waals surface area contributed by atoms with E-state index in [1.165, 1.54) is 0 Å². The third-order valence-corrected chi connectivity index (χ3v) is 4.92. The number of hydrogen-bond donors (Lipinski definition) is 0. The molecule has 0 atom stereocenters. The van der Waals surface area contributed by atoms with Crippen molar-refractivity contribution in [1.29, 1.82) is 0 Å². The van der Waals surface area contributed by atoms with Crippen LogP contribution in [0, 0.1) is 0 Å². The predicted octanol–water partition coefficient (Wildman–Crippen LogP) is 2.58. The van der Waals surface area contributed by atoms with Gasteiger partial charge < -0.3 is 14.5 Å². The maximum Gasteiger partial charge on any atom is 0.257 e. The van der Waals surface area contributed by atoms with E-state index in [9.17, 15) is 4.79 Å². The highest BCUT2D eigenvalue weighted by Gasteiger charge is 2.26. The number of likely N-dealkylation sites (tertiary alicyclic amines) is 1. The molecular formula is C16H24N2O2S. The third kappa shape index (κ3) is 3.71. The summed E-state index contributed by atoms with van der Waals surface area (Å²) in [5, 5.41) is 0. The quantitative estimate of drug-likeness (QED) is 0.801. The van der Waals surface area contributed by atoms with Gasteiger partial charge in [0.1, 0.15) is 5.75 Å². The summed E-state index contributed by atoms with van der Waals surface area (Å²) in [6.45, 7) is 2.09. The summed E-state index contributed by atoms with van der Waals surface area (Å²) < 4.78 is 5.39. The Morgan fingerprint density at radius 2 is 2.05 bits per heavy atom. The Hall–Kier alpha value is -1.20. The summed E-state index contributed by atoms with van der Waals surface area (Å²) in [4.78, 5) is 18.0. The fourth-order valence-corrected chi connectivity index (χ4v) is 3.14. The van der Waals surface area contributed by atoms with Gasteiger partial charge in [-0.1, -0.05) is 0 Å². The molecule has 1 amide bonds. The molecule has 4 nitrogen and oxygen atoms in total. The minimum absolute atomic E-state index is 0.0501. The molecule has 0 spiro atoms. The lowest BCUT2D eigenvalue weighted by molar-refractivity contribution is 0.0656. The average Bonchev–Trinajstić information content (AvgIpc) is 2.53. The number of thioether (sulfide) groups is 1. The summed E-state index contributed by atoms with van der Waals surface area (Å²) in [7, 11) is 5.65. The van der Waals surface area contributed by atoms with Gasteiger partial charge in [0.2, 0.25) is 0 Å². The van der Waals surface area contributed by atoms with Crippen LogP contribution in [0.5, 0.6) is 5.75 Å². The molecule has 0 saturated carbocycles. The molecule has 1 saturated heterocycles. The largest absolute Gasteiger partial charge is 0.496 e. The third-order valence-electron chi connectivity index (χ3n) is 4.20. The average molecular weight is 308 g/mol. The van der Waals surface area contributed by atoms with Gasteiger partial charge in [0, 0.05) is 18.0 Å². The van der Waals surface area contributed by atoms with Crippen LogP contribution in [0.3, 0.4) is 0 Å². The monoisotopic (exact) mass is 308 g/mol. The van der Waals surface area contributed by atoms with Crippen LogP contribution in [0.1, 0.15) is 23.2 Å². The first-order chi connectivity index (χ1) is 10.1. The fraction of sp³-hybridized carbons (Fsp3) is 0.562. The van der Waals surface area contributed by atoms with Crippen molar-refractivity contribution in [2.24, 2.45) is 0 Å². The molecule has 0 aromatic heterocycles. The molecule has 1 aliphatic heterocycles. The van der Waals surface area contributed by atoms with Gasteiger partial charge in [-0.15, -0.1) is 11.8 Å². The number of piperidine rings is 1. The highest BCUT2D eigenvalue weighted by atomic mass is 32.2. The van der Waals surface area contributed by atoms with Crippen LogP contribution in [0.15, 0.2) is 23.1 Å². The van der Waals surface area contributed by atoms with Crippen LogP contribution < -0.4 is 4.74 Å². The van der Waals surface area contributed by atoms with Crippen molar-refractivity contribution in [3.63, 3.8) is 0 Å². The zero-order valence-electron chi connectivity index (χ0n) is 13.3. The van der Waals surface area contributed by atoms with E-state index < -0.39 is 0 Å². The molecule has 0 unspecified atom stereocenters. The van der Waals surface area contributed by atoms with Crippen molar-refractivity contribution in [1.82, 2.24) is 9.80 Å². The van der Waals surface area contributed by atoms with Crippen LogP contribution in [0.2, 0.25) is 0 Å². The number of ether oxygens (including phenoxy) is 1. The zero-order valence-corrected chi connectivity index (χ0v) is 14.1. The summed E-state index contributed by atoms with van der Waals surface area (Å²) in [6, 6.07) is 6.10. The van der Waals surface area contributed by atoms with Crippen molar-refractivity contribution in [3.05, 3.63) is 23.8 Å². The Kier molecular flexibility index (Phi) is 5.53. The molecule has 0 bridgehead atoms. The van der Waals surface area contributed by atoms with Crippen molar-refractivity contribution in [2.75, 3.05) is 40.6 Å². The highest BCUT2D eigenvalue weighted by molar-refractivity contribution is 7.98. The predicted molar refractivity (Wildman–Crippen MR) is 87.4 cm³/mol. The Morgan fingerprint density at radius 3 is 2.62 bits per heavy atom. The second-order valence-corrected chi connectivity index (χ2v) is 6.40. The molecule has 5 heteroatoms. The molecule has 1 fully saturated rings. The van der Waals surface area contributed by atoms with Gasteiger partial charge in [0.05, 0.1) is 12.7 Å². The number of amides is 1. The van der Waals surface area contributed by atoms with Gasteiger partial charge >= 0.3 is 0 Å². The SMILES string of the molecule is COc1cc(SC)ccc1C(=O)N(C)C1CCN(C)CC1. The molecule has 1 aromatic rings. The topological polar surface area (TPSA) is 32.8 Å². The molecule has 1 heterocycles. The number of hydrogen-bond acceptors (Lipinski definition) is 4. The van der Waals surface area contributed by atoms with Crippen LogP contribution in [-0.2, 0) is 0 Å². The van der Waals surface area contributed by atoms with E-state index >= 15 is 0 Å². The van der Waals surface area contributed by atoms with E-state index in [2.05, 4.69) is 11.9 Å². The number of nitrogens with zero attached hydrogens (tertiary/aromatic N) is 2. The zero-order chi connectivity index (χ0) is 15.4. The van der Waals surface area contributed by atoms with Crippen molar-refractivity contribution in [3.8, 4) is 5.75 Å². The van der Waals surface area contributed by atoms with Crippen LogP contribution in [0.4, 0.5) is 0 Å². The number of carbonyl (C=O) groups excluding carboxylic acids is 1. The molecule has 116 valence electrons. The molecule has 2 rings (SSSR count). The van der Waals surface area contributed by atoms with Crippen molar-refractivity contribution >= 4 is 17.7 Å². The van der Waals surface area contributed by atoms with Gasteiger partial charge in [-0.25, -0.2) is 0 Å². The summed E-state index contributed by atoms with van der Waals surface area (Å²) in [6.07, 6.45) is 4.08. The number of carbonyl (C=O) groups is 1. The summed E-state index contributed by atoms with van der Waals surface area (Å²) in [5.41, 5.74) is 0.650. The second-order valence-electron chi connectivity index (χ2n) is 5.52. The highest BCUT2D eigenvalue weighted by Crippen LogP contribution is 2.27. The first-order valence-corrected chi connectivity index (χ1v) is 8.47. The normalized spacial score (nSPS) is 16.8. The number of methoxy groups -OCH3 is 1. The van der Waals surface area contributed by atoms with E-state index in [4.69, 9.17) is 4.74 Å². The van der Waals surface area contributed by atoms with E-state index in [1.807, 2.05) is 36.4 Å². The Labute approximate surface area is 131 Å². The van der Waals surface area contributed by atoms with Gasteiger partial charge in [-0.3, -0.25) is 4.79 Å². The van der Waals surface area contributed by atoms with E-state index in [-0.39, 0.29) is 5.91 Å².